The average Bonchev–Trinajstić information content (AvgIpc) is 3.32. The van der Waals surface area contributed by atoms with Gasteiger partial charge in [-0.05, 0) is 49.8 Å². The molecule has 41 heavy (non-hydrogen) atoms. The first-order chi connectivity index (χ1) is 18.8. The van der Waals surface area contributed by atoms with E-state index in [1.807, 2.05) is 25.7 Å². The fourth-order valence-electron chi connectivity index (χ4n) is 6.40. The minimum absolute atomic E-state index is 0. The second-order valence-electron chi connectivity index (χ2n) is 11.9. The molecule has 232 valence electrons. The van der Waals surface area contributed by atoms with Gasteiger partial charge in [0, 0.05) is 69.0 Å². The Morgan fingerprint density at radius 1 is 1.15 bits per heavy atom. The molecular formula is C28H43Cl2FN4O5S. The number of rotatable bonds is 8. The minimum Gasteiger partial charge on any atom is -0.381 e. The van der Waals surface area contributed by atoms with E-state index in [0.717, 1.165) is 19.1 Å². The third kappa shape index (κ3) is 8.54. The Morgan fingerprint density at radius 2 is 1.83 bits per heavy atom. The van der Waals surface area contributed by atoms with E-state index in [1.54, 1.807) is 17.0 Å². The van der Waals surface area contributed by atoms with Crippen molar-refractivity contribution in [3.8, 4) is 0 Å². The SMILES string of the molecule is CC(C)CC(NS(C)(=O)=O)C(=O)N1CCN(C(=O)[C@@H]2CN(C3CCOCC3)C[C@H]2c2ccc(Cl)cc2F)[C@@H](C)C1.Cl. The predicted molar refractivity (Wildman–Crippen MR) is 159 cm³/mol. The van der Waals surface area contributed by atoms with Gasteiger partial charge < -0.3 is 14.5 Å². The summed E-state index contributed by atoms with van der Waals surface area (Å²) in [4.78, 5) is 33.2. The van der Waals surface area contributed by atoms with Crippen LogP contribution in [-0.4, -0.2) is 105 Å². The summed E-state index contributed by atoms with van der Waals surface area (Å²) in [5, 5.41) is 0.318. The Labute approximate surface area is 254 Å². The number of amides is 2. The maximum Gasteiger partial charge on any atom is 0.240 e. The first-order valence-electron chi connectivity index (χ1n) is 14.2. The van der Waals surface area contributed by atoms with Crippen molar-refractivity contribution in [2.45, 2.75) is 64.1 Å². The van der Waals surface area contributed by atoms with Crippen molar-refractivity contribution in [2.24, 2.45) is 11.8 Å². The molecule has 3 heterocycles. The Kier molecular flexibility index (Phi) is 11.9. The van der Waals surface area contributed by atoms with Crippen LogP contribution in [0.15, 0.2) is 18.2 Å². The van der Waals surface area contributed by atoms with E-state index in [9.17, 15) is 18.0 Å². The monoisotopic (exact) mass is 636 g/mol. The highest BCUT2D eigenvalue weighted by molar-refractivity contribution is 7.88. The molecule has 3 fully saturated rings. The van der Waals surface area contributed by atoms with Crippen LogP contribution in [0.3, 0.4) is 0 Å². The van der Waals surface area contributed by atoms with Crippen molar-refractivity contribution >= 4 is 45.8 Å². The highest BCUT2D eigenvalue weighted by Crippen LogP contribution is 2.38. The largest absolute Gasteiger partial charge is 0.381 e. The Morgan fingerprint density at radius 3 is 2.41 bits per heavy atom. The van der Waals surface area contributed by atoms with Crippen molar-refractivity contribution in [2.75, 3.05) is 52.2 Å². The van der Waals surface area contributed by atoms with Gasteiger partial charge >= 0.3 is 0 Å². The van der Waals surface area contributed by atoms with Crippen LogP contribution in [0.5, 0.6) is 0 Å². The zero-order valence-electron chi connectivity index (χ0n) is 24.2. The van der Waals surface area contributed by atoms with Crippen LogP contribution in [0.25, 0.3) is 0 Å². The van der Waals surface area contributed by atoms with Crippen molar-refractivity contribution in [1.29, 1.82) is 0 Å². The van der Waals surface area contributed by atoms with Gasteiger partial charge in [0.15, 0.2) is 0 Å². The van der Waals surface area contributed by atoms with Crippen LogP contribution < -0.4 is 4.72 Å². The van der Waals surface area contributed by atoms with Gasteiger partial charge in [0.1, 0.15) is 11.9 Å². The lowest BCUT2D eigenvalue weighted by atomic mass is 9.87. The molecule has 0 radical (unpaired) electrons. The summed E-state index contributed by atoms with van der Waals surface area (Å²) in [5.74, 6) is -1.33. The number of likely N-dealkylation sites (tertiary alicyclic amines) is 1. The predicted octanol–water partition coefficient (Wildman–Crippen LogP) is 3.12. The molecule has 1 aromatic rings. The summed E-state index contributed by atoms with van der Waals surface area (Å²) < 4.78 is 47.0. The molecule has 0 aromatic heterocycles. The average molecular weight is 638 g/mol. The van der Waals surface area contributed by atoms with Gasteiger partial charge in [-0.15, -0.1) is 12.4 Å². The summed E-state index contributed by atoms with van der Waals surface area (Å²) in [6.07, 6.45) is 3.20. The molecule has 9 nitrogen and oxygen atoms in total. The molecule has 3 aliphatic rings. The van der Waals surface area contributed by atoms with Crippen LogP contribution in [-0.2, 0) is 24.3 Å². The van der Waals surface area contributed by atoms with E-state index in [4.69, 9.17) is 16.3 Å². The lowest BCUT2D eigenvalue weighted by molar-refractivity contribution is -0.146. The zero-order chi connectivity index (χ0) is 29.2. The molecule has 4 rings (SSSR count). The van der Waals surface area contributed by atoms with E-state index in [1.165, 1.54) is 6.07 Å². The van der Waals surface area contributed by atoms with Crippen molar-refractivity contribution in [3.05, 3.63) is 34.6 Å². The molecule has 3 saturated heterocycles. The number of hydrogen-bond donors (Lipinski definition) is 1. The maximum absolute atomic E-state index is 15.1. The first-order valence-corrected chi connectivity index (χ1v) is 16.4. The highest BCUT2D eigenvalue weighted by atomic mass is 35.5. The Balaban J connectivity index is 0.00000462. The number of benzene rings is 1. The normalized spacial score (nSPS) is 25.3. The summed E-state index contributed by atoms with van der Waals surface area (Å²) in [5.41, 5.74) is 0.502. The second kappa shape index (κ2) is 14.3. The molecule has 1 aromatic carbocycles. The van der Waals surface area contributed by atoms with Gasteiger partial charge in [-0.25, -0.2) is 17.5 Å². The highest BCUT2D eigenvalue weighted by Gasteiger charge is 2.45. The number of nitrogens with zero attached hydrogens (tertiary/aromatic N) is 3. The fraction of sp³-hybridized carbons (Fsp3) is 0.714. The van der Waals surface area contributed by atoms with E-state index in [-0.39, 0.29) is 48.1 Å². The summed E-state index contributed by atoms with van der Waals surface area (Å²) in [7, 11) is -3.57. The number of piperazine rings is 1. The Bertz CT molecular complexity index is 1180. The van der Waals surface area contributed by atoms with E-state index in [2.05, 4.69) is 9.62 Å². The van der Waals surface area contributed by atoms with Gasteiger partial charge in [0.25, 0.3) is 0 Å². The van der Waals surface area contributed by atoms with Crippen LogP contribution >= 0.6 is 24.0 Å². The van der Waals surface area contributed by atoms with Crippen LogP contribution in [0.1, 0.15) is 51.5 Å². The van der Waals surface area contributed by atoms with Gasteiger partial charge in [0.2, 0.25) is 21.8 Å². The quantitative estimate of drug-likeness (QED) is 0.471. The molecule has 4 atom stereocenters. The van der Waals surface area contributed by atoms with E-state index in [0.29, 0.717) is 62.9 Å². The van der Waals surface area contributed by atoms with E-state index < -0.39 is 27.8 Å². The summed E-state index contributed by atoms with van der Waals surface area (Å²) in [6.45, 7) is 9.22. The molecule has 1 unspecified atom stereocenters. The van der Waals surface area contributed by atoms with Crippen molar-refractivity contribution in [1.82, 2.24) is 19.4 Å². The number of carbonyl (C=O) groups is 2. The maximum atomic E-state index is 15.1. The molecule has 3 aliphatic heterocycles. The number of hydrogen-bond acceptors (Lipinski definition) is 6. The summed E-state index contributed by atoms with van der Waals surface area (Å²) in [6, 6.07) is 3.85. The smallest absolute Gasteiger partial charge is 0.240 e. The van der Waals surface area contributed by atoms with Crippen LogP contribution in [0, 0.1) is 17.7 Å². The zero-order valence-corrected chi connectivity index (χ0v) is 26.6. The van der Waals surface area contributed by atoms with Crippen LogP contribution in [0.2, 0.25) is 5.02 Å². The molecule has 1 N–H and O–H groups in total. The van der Waals surface area contributed by atoms with Gasteiger partial charge in [0.05, 0.1) is 12.2 Å². The van der Waals surface area contributed by atoms with Gasteiger partial charge in [-0.1, -0.05) is 31.5 Å². The lowest BCUT2D eigenvalue weighted by Crippen LogP contribution is -2.60. The molecular weight excluding hydrogens is 594 g/mol. The minimum atomic E-state index is -3.57. The molecule has 0 bridgehead atoms. The first kappa shape index (κ1) is 34.0. The third-order valence-electron chi connectivity index (χ3n) is 8.32. The van der Waals surface area contributed by atoms with Crippen LogP contribution in [0.4, 0.5) is 4.39 Å². The molecule has 0 spiro atoms. The van der Waals surface area contributed by atoms with Crippen molar-refractivity contribution in [3.63, 3.8) is 0 Å². The van der Waals surface area contributed by atoms with Gasteiger partial charge in [-0.2, -0.15) is 0 Å². The molecule has 0 aliphatic carbocycles. The number of halogens is 3. The third-order valence-corrected chi connectivity index (χ3v) is 9.27. The molecule has 2 amide bonds. The number of sulfonamides is 1. The number of nitrogens with one attached hydrogen (secondary N) is 1. The van der Waals surface area contributed by atoms with Gasteiger partial charge in [-0.3, -0.25) is 14.5 Å². The number of carbonyl (C=O) groups excluding carboxylic acids is 2. The standard InChI is InChI=1S/C28H42ClFN4O5S.ClH/c1-18(2)13-26(31-40(4,37)38)28(36)32-9-10-34(19(3)15-32)27(35)24-17-33(21-7-11-39-12-8-21)16-23(24)22-6-5-20(29)14-25(22)30;/h5-6,14,18-19,21,23-24,26,31H,7-13,15-17H2,1-4H3;1H/t19-,23-,24+,26?;/m0./s1. The molecule has 13 heteroatoms. The fourth-order valence-corrected chi connectivity index (χ4v) is 7.27. The lowest BCUT2D eigenvalue weighted by Gasteiger charge is -2.42. The van der Waals surface area contributed by atoms with Crippen molar-refractivity contribution < 1.29 is 27.1 Å². The topological polar surface area (TPSA) is 99.3 Å². The Hall–Kier alpha value is -1.50. The number of ether oxygens (including phenoxy) is 1. The second-order valence-corrected chi connectivity index (χ2v) is 14.1. The summed E-state index contributed by atoms with van der Waals surface area (Å²) >= 11 is 6.03. The van der Waals surface area contributed by atoms with E-state index >= 15 is 4.39 Å². The molecule has 0 saturated carbocycles.